The number of hydrogen-bond donors (Lipinski definition) is 2. The lowest BCUT2D eigenvalue weighted by atomic mass is 9.89. The van der Waals surface area contributed by atoms with Crippen molar-refractivity contribution in [2.24, 2.45) is 0 Å². The summed E-state index contributed by atoms with van der Waals surface area (Å²) in [5.74, 6) is 0. The maximum Gasteiger partial charge on any atom is 0.0897 e. The van der Waals surface area contributed by atoms with E-state index in [2.05, 4.69) is 12.2 Å². The predicted octanol–water partition coefficient (Wildman–Crippen LogP) is 2.88. The fourth-order valence-electron chi connectivity index (χ4n) is 2.67. The number of unbranched alkanes of at least 4 members (excludes halogenated alkanes) is 5. The molecule has 1 aliphatic rings. The van der Waals surface area contributed by atoms with E-state index in [1.165, 1.54) is 32.1 Å². The molecular weight excluding hydrogens is 266 g/mol. The molecular formula is C17H35NO3. The summed E-state index contributed by atoms with van der Waals surface area (Å²) in [6.45, 7) is 6.92. The lowest BCUT2D eigenvalue weighted by molar-refractivity contribution is -0.0164. The van der Waals surface area contributed by atoms with Gasteiger partial charge < -0.3 is 19.9 Å². The summed E-state index contributed by atoms with van der Waals surface area (Å²) >= 11 is 0. The first-order valence-electron chi connectivity index (χ1n) is 8.87. The van der Waals surface area contributed by atoms with E-state index in [1.54, 1.807) is 0 Å². The molecule has 4 heteroatoms. The second-order valence-electron chi connectivity index (χ2n) is 6.15. The Morgan fingerprint density at radius 2 is 1.81 bits per heavy atom. The van der Waals surface area contributed by atoms with Gasteiger partial charge in [0, 0.05) is 25.8 Å². The van der Waals surface area contributed by atoms with Gasteiger partial charge in [-0.3, -0.25) is 0 Å². The molecule has 1 unspecified atom stereocenters. The first-order valence-corrected chi connectivity index (χ1v) is 8.87. The number of hydrogen-bond acceptors (Lipinski definition) is 4. The van der Waals surface area contributed by atoms with Crippen LogP contribution in [0.3, 0.4) is 0 Å². The quantitative estimate of drug-likeness (QED) is 0.484. The van der Waals surface area contributed by atoms with Crippen LogP contribution in [0, 0.1) is 0 Å². The summed E-state index contributed by atoms with van der Waals surface area (Å²) in [4.78, 5) is 0. The third-order valence-corrected chi connectivity index (χ3v) is 4.09. The highest BCUT2D eigenvalue weighted by Gasteiger charge is 2.29. The standard InChI is InChI=1S/C17H35NO3/c1-3-5-6-7-8-9-10-20-14-16(19)13-18-15-11-17(12-15)21-4-2/h15-19H,3-14H2,1-2H3. The molecule has 1 rings (SSSR count). The van der Waals surface area contributed by atoms with Gasteiger partial charge in [0.15, 0.2) is 0 Å². The van der Waals surface area contributed by atoms with Crippen molar-refractivity contribution in [1.82, 2.24) is 5.32 Å². The van der Waals surface area contributed by atoms with Crippen LogP contribution in [-0.2, 0) is 9.47 Å². The van der Waals surface area contributed by atoms with Gasteiger partial charge in [-0.05, 0) is 26.2 Å². The van der Waals surface area contributed by atoms with E-state index in [-0.39, 0.29) is 0 Å². The average molecular weight is 301 g/mol. The maximum atomic E-state index is 9.84. The first kappa shape index (κ1) is 18.9. The van der Waals surface area contributed by atoms with Crippen LogP contribution >= 0.6 is 0 Å². The smallest absolute Gasteiger partial charge is 0.0897 e. The van der Waals surface area contributed by atoms with Crippen LogP contribution in [0.5, 0.6) is 0 Å². The first-order chi connectivity index (χ1) is 10.3. The molecule has 1 fully saturated rings. The van der Waals surface area contributed by atoms with Crippen LogP contribution in [0.15, 0.2) is 0 Å². The van der Waals surface area contributed by atoms with Crippen LogP contribution < -0.4 is 5.32 Å². The monoisotopic (exact) mass is 301 g/mol. The predicted molar refractivity (Wildman–Crippen MR) is 86.6 cm³/mol. The van der Waals surface area contributed by atoms with E-state index in [1.807, 2.05) is 6.92 Å². The number of rotatable bonds is 14. The van der Waals surface area contributed by atoms with Gasteiger partial charge in [-0.1, -0.05) is 39.0 Å². The van der Waals surface area contributed by atoms with Crippen molar-refractivity contribution in [1.29, 1.82) is 0 Å². The molecule has 1 aliphatic carbocycles. The fourth-order valence-corrected chi connectivity index (χ4v) is 2.67. The Bertz CT molecular complexity index is 232. The van der Waals surface area contributed by atoms with Gasteiger partial charge in [0.2, 0.25) is 0 Å². The number of nitrogens with one attached hydrogen (secondary N) is 1. The highest BCUT2D eigenvalue weighted by Crippen LogP contribution is 2.22. The second-order valence-corrected chi connectivity index (χ2v) is 6.15. The molecule has 2 N–H and O–H groups in total. The normalized spacial score (nSPS) is 23.0. The SMILES string of the molecule is CCCCCCCCOCC(O)CNC1CC(OCC)C1. The van der Waals surface area contributed by atoms with Gasteiger partial charge in [-0.2, -0.15) is 0 Å². The van der Waals surface area contributed by atoms with E-state index < -0.39 is 6.10 Å². The molecule has 0 heterocycles. The lowest BCUT2D eigenvalue weighted by Gasteiger charge is -2.36. The summed E-state index contributed by atoms with van der Waals surface area (Å²) < 4.78 is 11.0. The van der Waals surface area contributed by atoms with Gasteiger partial charge in [0.05, 0.1) is 18.8 Å². The lowest BCUT2D eigenvalue weighted by Crippen LogP contribution is -2.48. The van der Waals surface area contributed by atoms with Crippen LogP contribution in [0.2, 0.25) is 0 Å². The molecule has 0 saturated heterocycles. The number of ether oxygens (including phenoxy) is 2. The third-order valence-electron chi connectivity index (χ3n) is 4.09. The van der Waals surface area contributed by atoms with Crippen molar-refractivity contribution < 1.29 is 14.6 Å². The van der Waals surface area contributed by atoms with Gasteiger partial charge in [-0.15, -0.1) is 0 Å². The summed E-state index contributed by atoms with van der Waals surface area (Å²) in [5.41, 5.74) is 0. The van der Waals surface area contributed by atoms with E-state index in [4.69, 9.17) is 9.47 Å². The Morgan fingerprint density at radius 1 is 1.10 bits per heavy atom. The highest BCUT2D eigenvalue weighted by atomic mass is 16.5. The molecule has 0 radical (unpaired) electrons. The molecule has 0 bridgehead atoms. The molecule has 21 heavy (non-hydrogen) atoms. The number of aliphatic hydroxyl groups excluding tert-OH is 1. The maximum absolute atomic E-state index is 9.84. The zero-order valence-corrected chi connectivity index (χ0v) is 14.0. The summed E-state index contributed by atoms with van der Waals surface area (Å²) in [6.07, 6.45) is 9.82. The Labute approximate surface area is 130 Å². The molecule has 126 valence electrons. The van der Waals surface area contributed by atoms with Crippen LogP contribution in [0.4, 0.5) is 0 Å². The van der Waals surface area contributed by atoms with Crippen LogP contribution in [-0.4, -0.2) is 49.7 Å². The Balaban J connectivity index is 1.81. The Hall–Kier alpha value is -0.160. The number of aliphatic hydroxyl groups is 1. The summed E-state index contributed by atoms with van der Waals surface area (Å²) in [5, 5.41) is 13.2. The van der Waals surface area contributed by atoms with Gasteiger partial charge in [-0.25, -0.2) is 0 Å². The van der Waals surface area contributed by atoms with Crippen LogP contribution in [0.25, 0.3) is 0 Å². The Morgan fingerprint density at radius 3 is 2.52 bits per heavy atom. The molecule has 1 saturated carbocycles. The van der Waals surface area contributed by atoms with Gasteiger partial charge in [0.1, 0.15) is 0 Å². The van der Waals surface area contributed by atoms with E-state index in [0.29, 0.717) is 25.3 Å². The van der Waals surface area contributed by atoms with Crippen molar-refractivity contribution in [2.45, 2.75) is 83.5 Å². The zero-order chi connectivity index (χ0) is 15.3. The average Bonchev–Trinajstić information content (AvgIpc) is 2.44. The van der Waals surface area contributed by atoms with Crippen molar-refractivity contribution >= 4 is 0 Å². The highest BCUT2D eigenvalue weighted by molar-refractivity contribution is 4.86. The molecule has 4 nitrogen and oxygen atoms in total. The second kappa shape index (κ2) is 12.4. The van der Waals surface area contributed by atoms with E-state index in [0.717, 1.165) is 32.5 Å². The van der Waals surface area contributed by atoms with Crippen molar-refractivity contribution in [3.8, 4) is 0 Å². The zero-order valence-electron chi connectivity index (χ0n) is 14.0. The molecule has 0 aromatic rings. The van der Waals surface area contributed by atoms with Crippen molar-refractivity contribution in [2.75, 3.05) is 26.4 Å². The molecule has 1 atom stereocenters. The summed E-state index contributed by atoms with van der Waals surface area (Å²) in [6, 6.07) is 0.509. The van der Waals surface area contributed by atoms with Crippen molar-refractivity contribution in [3.63, 3.8) is 0 Å². The van der Waals surface area contributed by atoms with Gasteiger partial charge >= 0.3 is 0 Å². The third kappa shape index (κ3) is 9.46. The minimum atomic E-state index is -0.392. The topological polar surface area (TPSA) is 50.7 Å². The molecule has 0 spiro atoms. The minimum absolute atomic E-state index is 0.392. The summed E-state index contributed by atoms with van der Waals surface area (Å²) in [7, 11) is 0. The fraction of sp³-hybridized carbons (Fsp3) is 1.00. The Kier molecular flexibility index (Phi) is 11.1. The molecule has 0 aromatic carbocycles. The molecule has 0 aromatic heterocycles. The van der Waals surface area contributed by atoms with Gasteiger partial charge in [0.25, 0.3) is 0 Å². The largest absolute Gasteiger partial charge is 0.389 e. The minimum Gasteiger partial charge on any atom is -0.389 e. The van der Waals surface area contributed by atoms with Crippen molar-refractivity contribution in [3.05, 3.63) is 0 Å². The molecule has 0 amide bonds. The van der Waals surface area contributed by atoms with Crippen LogP contribution in [0.1, 0.15) is 65.2 Å². The van der Waals surface area contributed by atoms with E-state index >= 15 is 0 Å². The van der Waals surface area contributed by atoms with E-state index in [9.17, 15) is 5.11 Å². The molecule has 0 aliphatic heterocycles.